The third-order valence-electron chi connectivity index (χ3n) is 13.7. The number of aromatic amines is 2. The molecule has 0 aliphatic carbocycles. The molecule has 0 unspecified atom stereocenters. The Bertz CT molecular complexity index is 2540. The third kappa shape index (κ3) is 10.9. The van der Waals surface area contributed by atoms with Crippen LogP contribution in [0.25, 0.3) is 33.2 Å². The van der Waals surface area contributed by atoms with Crippen molar-refractivity contribution in [3.8, 4) is 17.1 Å². The largest absolute Gasteiger partial charge is 0.494 e. The van der Waals surface area contributed by atoms with Gasteiger partial charge in [-0.1, -0.05) is 86.6 Å². The highest BCUT2D eigenvalue weighted by molar-refractivity contribution is 5.85. The van der Waals surface area contributed by atoms with Crippen LogP contribution < -0.4 is 4.74 Å². The van der Waals surface area contributed by atoms with Crippen LogP contribution in [0.2, 0.25) is 0 Å². The highest BCUT2D eigenvalue weighted by Crippen LogP contribution is 2.36. The van der Waals surface area contributed by atoms with E-state index < -0.39 is 11.4 Å². The molecule has 11 heteroatoms. The number of aromatic nitrogens is 6. The Kier molecular flexibility index (Phi) is 14.6. The summed E-state index contributed by atoms with van der Waals surface area (Å²) in [6.07, 6.45) is 12.7. The second-order valence-electron chi connectivity index (χ2n) is 18.8. The van der Waals surface area contributed by atoms with Crippen LogP contribution >= 0.6 is 0 Å². The monoisotopic (exact) mass is 863 g/mol. The van der Waals surface area contributed by atoms with E-state index in [-0.39, 0.29) is 0 Å². The van der Waals surface area contributed by atoms with Crippen LogP contribution in [0.3, 0.4) is 0 Å². The molecule has 0 atom stereocenters. The summed E-state index contributed by atoms with van der Waals surface area (Å²) >= 11 is 0. The Morgan fingerprint density at radius 3 is 2.20 bits per heavy atom. The van der Waals surface area contributed by atoms with Crippen molar-refractivity contribution < 1.29 is 14.6 Å². The van der Waals surface area contributed by atoms with Gasteiger partial charge >= 0.3 is 5.97 Å². The number of fused-ring (bicyclic) bond motifs is 2. The van der Waals surface area contributed by atoms with E-state index in [1.54, 1.807) is 13.8 Å². The predicted octanol–water partition coefficient (Wildman–Crippen LogP) is 10.5. The molecule has 64 heavy (non-hydrogen) atoms. The Morgan fingerprint density at radius 1 is 0.812 bits per heavy atom. The zero-order valence-corrected chi connectivity index (χ0v) is 38.2. The van der Waals surface area contributed by atoms with Gasteiger partial charge in [0.1, 0.15) is 5.75 Å². The van der Waals surface area contributed by atoms with Gasteiger partial charge in [-0.2, -0.15) is 5.21 Å². The number of para-hydroxylation sites is 2. The number of H-pyrrole nitrogens is 2. The van der Waals surface area contributed by atoms with Gasteiger partial charge in [-0.25, -0.2) is 0 Å². The molecule has 336 valence electrons. The van der Waals surface area contributed by atoms with Crippen LogP contribution in [0.4, 0.5) is 0 Å². The molecule has 5 heterocycles. The van der Waals surface area contributed by atoms with E-state index in [4.69, 9.17) is 4.74 Å². The van der Waals surface area contributed by atoms with Crippen LogP contribution in [0.5, 0.6) is 5.75 Å². The van der Waals surface area contributed by atoms with Crippen LogP contribution in [-0.4, -0.2) is 96.9 Å². The van der Waals surface area contributed by atoms with Crippen LogP contribution in [-0.2, 0) is 23.2 Å². The normalized spacial score (nSPS) is 15.8. The summed E-state index contributed by atoms with van der Waals surface area (Å²) < 4.78 is 8.43. The van der Waals surface area contributed by atoms with Gasteiger partial charge in [0.25, 0.3) is 0 Å². The lowest BCUT2D eigenvalue weighted by molar-refractivity contribution is -0.142. The van der Waals surface area contributed by atoms with E-state index in [1.165, 1.54) is 70.6 Å². The fourth-order valence-electron chi connectivity index (χ4n) is 9.54. The van der Waals surface area contributed by atoms with E-state index >= 15 is 0 Å². The van der Waals surface area contributed by atoms with Gasteiger partial charge in [-0.3, -0.25) is 4.79 Å². The van der Waals surface area contributed by atoms with Crippen molar-refractivity contribution in [1.29, 1.82) is 0 Å². The molecule has 0 amide bonds. The van der Waals surface area contributed by atoms with Crippen molar-refractivity contribution in [3.63, 3.8) is 0 Å². The maximum absolute atomic E-state index is 11.5. The lowest BCUT2D eigenvalue weighted by Crippen LogP contribution is -2.34. The summed E-state index contributed by atoms with van der Waals surface area (Å²) in [6.45, 7) is 16.6. The summed E-state index contributed by atoms with van der Waals surface area (Å²) in [5.41, 5.74) is 7.84. The minimum Gasteiger partial charge on any atom is -0.494 e. The van der Waals surface area contributed by atoms with E-state index in [0.29, 0.717) is 30.2 Å². The number of tetrazole rings is 1. The van der Waals surface area contributed by atoms with Crippen LogP contribution in [0, 0.1) is 5.92 Å². The number of ether oxygens (including phenoxy) is 1. The van der Waals surface area contributed by atoms with Crippen LogP contribution in [0.15, 0.2) is 109 Å². The Morgan fingerprint density at radius 2 is 1.50 bits per heavy atom. The van der Waals surface area contributed by atoms with Gasteiger partial charge in [0, 0.05) is 59.4 Å². The van der Waals surface area contributed by atoms with Gasteiger partial charge in [0.05, 0.1) is 12.0 Å². The second-order valence-corrected chi connectivity index (χ2v) is 18.8. The highest BCUT2D eigenvalue weighted by atomic mass is 16.5. The molecule has 3 aromatic heterocycles. The molecule has 0 spiro atoms. The molecule has 2 aliphatic rings. The molecule has 4 aromatic carbocycles. The highest BCUT2D eigenvalue weighted by Gasteiger charge is 2.29. The number of carboxylic acids is 1. The number of carboxylic acid groups (broad SMARTS) is 1. The minimum absolute atomic E-state index is 0.582. The van der Waals surface area contributed by atoms with Crippen molar-refractivity contribution in [3.05, 3.63) is 132 Å². The summed E-state index contributed by atoms with van der Waals surface area (Å²) in [6, 6.07) is 33.5. The SMILES string of the molecule is CC(C)CCn1cc(C2CCN(CCc3ccc(C(C)(C)C(=O)O)cc3)CC2)c2ccccc21.c1cc(OCCCN2CCC(c3c[nH]c4ccccc34)CC2)cc(-c2nn[nH]n2)c1. The number of nitrogens with zero attached hydrogens (tertiary/aromatic N) is 6. The summed E-state index contributed by atoms with van der Waals surface area (Å²) in [4.78, 5) is 20.1. The van der Waals surface area contributed by atoms with Gasteiger partial charge < -0.3 is 29.2 Å². The number of aryl methyl sites for hydroxylation is 1. The molecule has 3 N–H and O–H groups in total. The molecule has 2 saturated heterocycles. The predicted molar refractivity (Wildman–Crippen MR) is 257 cm³/mol. The average Bonchev–Trinajstić information content (AvgIpc) is 4.10. The van der Waals surface area contributed by atoms with Gasteiger partial charge in [-0.15, -0.1) is 10.2 Å². The van der Waals surface area contributed by atoms with Gasteiger partial charge in [0.2, 0.25) is 5.82 Å². The summed E-state index contributed by atoms with van der Waals surface area (Å²) in [5, 5.41) is 26.4. The molecular weight excluding hydrogens is 797 g/mol. The number of carbonyl (C=O) groups is 1. The van der Waals surface area contributed by atoms with E-state index in [2.05, 4.69) is 127 Å². The molecule has 9 rings (SSSR count). The summed E-state index contributed by atoms with van der Waals surface area (Å²) in [7, 11) is 0. The Labute approximate surface area is 378 Å². The maximum atomic E-state index is 11.5. The Hall–Kier alpha value is -5.78. The molecule has 0 bridgehead atoms. The molecular formula is C53H66N8O3. The van der Waals surface area contributed by atoms with Crippen LogP contribution in [0.1, 0.15) is 100 Å². The lowest BCUT2D eigenvalue weighted by Gasteiger charge is -2.32. The maximum Gasteiger partial charge on any atom is 0.313 e. The molecule has 0 saturated carbocycles. The molecule has 2 aliphatic heterocycles. The van der Waals surface area contributed by atoms with E-state index in [1.807, 2.05) is 36.4 Å². The first-order valence-electron chi connectivity index (χ1n) is 23.5. The number of hydrogen-bond donors (Lipinski definition) is 3. The van der Waals surface area contributed by atoms with Gasteiger partial charge in [-0.05, 0) is 154 Å². The molecule has 7 aromatic rings. The quantitative estimate of drug-likeness (QED) is 0.0820. The topological polar surface area (TPSA) is 128 Å². The molecule has 2 fully saturated rings. The minimum atomic E-state index is -0.849. The molecule has 0 radical (unpaired) electrons. The third-order valence-corrected chi connectivity index (χ3v) is 13.7. The standard InChI is InChI=1S/C30H40N2O2.C23H26N6O/c1-22(2)13-20-32-21-27(26-7-5-6-8-28(26)32)24-15-18-31(19-16-24)17-14-23-9-11-25(12-10-23)30(3,4)29(33)34;1-2-8-22-20(7-1)21(16-24-22)17-9-12-29(13-10-17)11-4-14-30-19-6-3-5-18(15-19)23-25-27-28-26-23/h5-12,21-22,24H,13-20H2,1-4H3,(H,33,34);1-3,5-8,15-17,24H,4,9-14H2,(H,25,26,27,28). The number of aliphatic carboxylic acids is 1. The lowest BCUT2D eigenvalue weighted by atomic mass is 9.84. The number of likely N-dealkylation sites (tertiary alicyclic amines) is 2. The fourth-order valence-corrected chi connectivity index (χ4v) is 9.54. The van der Waals surface area contributed by atoms with E-state index in [0.717, 1.165) is 75.5 Å². The Balaban J connectivity index is 0.000000176. The van der Waals surface area contributed by atoms with Crippen molar-refractivity contribution in [2.75, 3.05) is 45.9 Å². The van der Waals surface area contributed by atoms with E-state index in [9.17, 15) is 9.90 Å². The number of nitrogens with one attached hydrogen (secondary N) is 2. The second kappa shape index (κ2) is 20.8. The number of piperidine rings is 2. The molecule has 11 nitrogen and oxygen atoms in total. The number of rotatable bonds is 16. The first-order valence-corrected chi connectivity index (χ1v) is 23.5. The first-order chi connectivity index (χ1) is 31.1. The van der Waals surface area contributed by atoms with Crippen molar-refractivity contribution in [2.45, 2.75) is 96.4 Å². The van der Waals surface area contributed by atoms with Gasteiger partial charge in [0.15, 0.2) is 0 Å². The number of benzene rings is 4. The first kappa shape index (κ1) is 44.8. The van der Waals surface area contributed by atoms with Crippen molar-refractivity contribution in [1.82, 2.24) is 40.0 Å². The average molecular weight is 863 g/mol. The zero-order chi connectivity index (χ0) is 44.5. The smallest absolute Gasteiger partial charge is 0.313 e. The number of hydrogen-bond acceptors (Lipinski definition) is 7. The summed E-state index contributed by atoms with van der Waals surface area (Å²) in [5.74, 6) is 2.65. The van der Waals surface area contributed by atoms with Crippen molar-refractivity contribution >= 4 is 27.8 Å². The zero-order valence-electron chi connectivity index (χ0n) is 38.2. The van der Waals surface area contributed by atoms with Crippen molar-refractivity contribution in [2.24, 2.45) is 5.92 Å². The fraction of sp³-hybridized carbons (Fsp3) is 0.434.